The number of likely N-dealkylation sites (N-methyl/N-ethyl adjacent to an activating group) is 1. The van der Waals surface area contributed by atoms with E-state index in [2.05, 4.69) is 10.6 Å². The minimum Gasteiger partial charge on any atom is -0.497 e. The van der Waals surface area contributed by atoms with Crippen LogP contribution < -0.4 is 15.4 Å². The first-order chi connectivity index (χ1) is 17.6. The molecule has 13 heteroatoms. The van der Waals surface area contributed by atoms with Gasteiger partial charge in [0.25, 0.3) is 0 Å². The highest BCUT2D eigenvalue weighted by Crippen LogP contribution is 2.21. The van der Waals surface area contributed by atoms with Gasteiger partial charge in [-0.3, -0.25) is 14.4 Å². The summed E-state index contributed by atoms with van der Waals surface area (Å²) in [5.74, 6) is -1.77. The van der Waals surface area contributed by atoms with Gasteiger partial charge in [0.1, 0.15) is 18.5 Å². The minimum atomic E-state index is -1.35. The second-order valence-electron chi connectivity index (χ2n) is 8.29. The van der Waals surface area contributed by atoms with E-state index in [1.54, 1.807) is 50.6 Å². The van der Waals surface area contributed by atoms with Crippen molar-refractivity contribution in [1.29, 1.82) is 0 Å². The van der Waals surface area contributed by atoms with Gasteiger partial charge in [-0.15, -0.1) is 0 Å². The molecule has 3 rings (SSSR count). The van der Waals surface area contributed by atoms with Crippen molar-refractivity contribution in [3.8, 4) is 5.75 Å². The third kappa shape index (κ3) is 7.48. The van der Waals surface area contributed by atoms with Crippen LogP contribution in [-0.4, -0.2) is 77.3 Å². The van der Waals surface area contributed by atoms with Gasteiger partial charge in [-0.25, -0.2) is 14.8 Å². The van der Waals surface area contributed by atoms with E-state index in [0.717, 1.165) is 10.5 Å². The third-order valence-corrected chi connectivity index (χ3v) is 6.32. The smallest absolute Gasteiger partial charge is 0.333 e. The van der Waals surface area contributed by atoms with Crippen molar-refractivity contribution in [2.24, 2.45) is 0 Å². The van der Waals surface area contributed by atoms with Gasteiger partial charge in [0.15, 0.2) is 0 Å². The Balaban J connectivity index is 1.69. The number of halogens is 2. The molecule has 3 N–H and O–H groups in total. The van der Waals surface area contributed by atoms with Crippen LogP contribution >= 0.6 is 23.2 Å². The second-order valence-corrected chi connectivity index (χ2v) is 9.14. The summed E-state index contributed by atoms with van der Waals surface area (Å²) >= 11 is 12.0. The number of urea groups is 1. The maximum atomic E-state index is 13.0. The molecule has 1 fully saturated rings. The first-order valence-corrected chi connectivity index (χ1v) is 12.0. The van der Waals surface area contributed by atoms with Gasteiger partial charge in [0, 0.05) is 30.2 Å². The molecule has 0 bridgehead atoms. The van der Waals surface area contributed by atoms with E-state index >= 15 is 0 Å². The standard InChI is InChI=1S/C24H27Cl2N5O6/c1-29-13-21(32)30(14-31(29)24(36)28-11-15-3-7-18(37-2)8-4-15)20(10-22(33)34)23(35)27-12-16-5-6-17(25)9-19(16)26/h3-9,20H,10-14H2,1-2H3,(H,27,35)(H,28,36)(H,33,34)/t20-/m0/s1. The van der Waals surface area contributed by atoms with Crippen molar-refractivity contribution < 1.29 is 29.0 Å². The molecule has 1 aliphatic rings. The summed E-state index contributed by atoms with van der Waals surface area (Å²) in [5.41, 5.74) is 1.39. The van der Waals surface area contributed by atoms with Crippen molar-refractivity contribution in [2.75, 3.05) is 27.4 Å². The Morgan fingerprint density at radius 1 is 1.08 bits per heavy atom. The fourth-order valence-corrected chi connectivity index (χ4v) is 4.16. The Hall–Kier alpha value is -3.54. The van der Waals surface area contributed by atoms with E-state index in [0.29, 0.717) is 21.4 Å². The predicted molar refractivity (Wildman–Crippen MR) is 136 cm³/mol. The van der Waals surface area contributed by atoms with Gasteiger partial charge in [0.05, 0.1) is 20.1 Å². The number of amides is 4. The number of nitrogens with zero attached hydrogens (tertiary/aromatic N) is 3. The molecule has 1 aliphatic heterocycles. The van der Waals surface area contributed by atoms with Gasteiger partial charge < -0.3 is 25.4 Å². The van der Waals surface area contributed by atoms with Crippen LogP contribution in [0.15, 0.2) is 42.5 Å². The van der Waals surface area contributed by atoms with Crippen molar-refractivity contribution in [2.45, 2.75) is 25.6 Å². The highest BCUT2D eigenvalue weighted by molar-refractivity contribution is 6.35. The Bertz CT molecular complexity index is 1160. The van der Waals surface area contributed by atoms with Crippen LogP contribution in [0.1, 0.15) is 17.5 Å². The normalized spacial score (nSPS) is 14.8. The first-order valence-electron chi connectivity index (χ1n) is 11.2. The number of carboxylic acids is 1. The van der Waals surface area contributed by atoms with E-state index in [1.807, 2.05) is 0 Å². The molecule has 1 heterocycles. The predicted octanol–water partition coefficient (Wildman–Crippen LogP) is 2.32. The molecule has 198 valence electrons. The monoisotopic (exact) mass is 551 g/mol. The van der Waals surface area contributed by atoms with E-state index in [4.69, 9.17) is 27.9 Å². The average molecular weight is 552 g/mol. The lowest BCUT2D eigenvalue weighted by atomic mass is 10.1. The number of nitrogens with one attached hydrogen (secondary N) is 2. The highest BCUT2D eigenvalue weighted by atomic mass is 35.5. The summed E-state index contributed by atoms with van der Waals surface area (Å²) in [6, 6.07) is 10.0. The minimum absolute atomic E-state index is 0.00104. The number of hydrogen-bond donors (Lipinski definition) is 3. The summed E-state index contributed by atoms with van der Waals surface area (Å²) in [4.78, 5) is 51.4. The number of rotatable bonds is 9. The molecule has 4 amide bonds. The lowest BCUT2D eigenvalue weighted by Gasteiger charge is -2.43. The number of carbonyl (C=O) groups is 4. The SMILES string of the molecule is COc1ccc(CNC(=O)N2CN([C@@H](CC(=O)O)C(=O)NCc3ccc(Cl)cc3Cl)C(=O)CN2C)cc1. The molecule has 2 aromatic rings. The highest BCUT2D eigenvalue weighted by Gasteiger charge is 2.39. The Kier molecular flexibility index (Phi) is 9.56. The zero-order valence-electron chi connectivity index (χ0n) is 20.2. The lowest BCUT2D eigenvalue weighted by Crippen LogP contribution is -2.65. The molecule has 0 spiro atoms. The summed E-state index contributed by atoms with van der Waals surface area (Å²) in [6.07, 6.45) is -0.642. The van der Waals surface area contributed by atoms with E-state index < -0.39 is 36.3 Å². The van der Waals surface area contributed by atoms with Crippen LogP contribution in [0.25, 0.3) is 0 Å². The molecule has 37 heavy (non-hydrogen) atoms. The van der Waals surface area contributed by atoms with Gasteiger partial charge >= 0.3 is 12.0 Å². The molecule has 1 atom stereocenters. The quantitative estimate of drug-likeness (QED) is 0.435. The number of carboxylic acid groups (broad SMARTS) is 1. The Labute approximate surface area is 223 Å². The van der Waals surface area contributed by atoms with Crippen LogP contribution in [0.3, 0.4) is 0 Å². The number of hydrogen-bond acceptors (Lipinski definition) is 6. The number of ether oxygens (including phenoxy) is 1. The van der Waals surface area contributed by atoms with E-state index in [9.17, 15) is 24.3 Å². The lowest BCUT2D eigenvalue weighted by molar-refractivity contribution is -0.160. The molecule has 0 unspecified atom stereocenters. The summed E-state index contributed by atoms with van der Waals surface area (Å²) < 4.78 is 5.12. The van der Waals surface area contributed by atoms with Crippen LogP contribution in [0, 0.1) is 0 Å². The largest absolute Gasteiger partial charge is 0.497 e. The molecule has 1 saturated heterocycles. The fourth-order valence-electron chi connectivity index (χ4n) is 3.68. The van der Waals surface area contributed by atoms with E-state index in [-0.39, 0.29) is 26.3 Å². The molecule has 0 aliphatic carbocycles. The fraction of sp³-hybridized carbons (Fsp3) is 0.333. The number of carbonyl (C=O) groups excluding carboxylic acids is 3. The molecule has 0 saturated carbocycles. The number of hydrazine groups is 1. The Morgan fingerprint density at radius 2 is 1.78 bits per heavy atom. The van der Waals surface area contributed by atoms with E-state index in [1.165, 1.54) is 16.1 Å². The van der Waals surface area contributed by atoms with Crippen LogP contribution in [0.4, 0.5) is 4.79 Å². The molecule has 11 nitrogen and oxygen atoms in total. The summed E-state index contributed by atoms with van der Waals surface area (Å²) in [6.45, 7) is -0.319. The maximum Gasteiger partial charge on any atom is 0.333 e. The second kappa shape index (κ2) is 12.6. The third-order valence-electron chi connectivity index (χ3n) is 5.74. The van der Waals surface area contributed by atoms with Crippen LogP contribution in [-0.2, 0) is 27.5 Å². The topological polar surface area (TPSA) is 132 Å². The van der Waals surface area contributed by atoms with Crippen LogP contribution in [0.5, 0.6) is 5.75 Å². The molecule has 0 radical (unpaired) electrons. The number of methoxy groups -OCH3 is 1. The van der Waals surface area contributed by atoms with Crippen molar-refractivity contribution in [3.63, 3.8) is 0 Å². The zero-order valence-corrected chi connectivity index (χ0v) is 21.8. The van der Waals surface area contributed by atoms with Gasteiger partial charge in [-0.1, -0.05) is 41.4 Å². The number of aliphatic carboxylic acids is 1. The van der Waals surface area contributed by atoms with Gasteiger partial charge in [0.2, 0.25) is 11.8 Å². The first kappa shape index (κ1) is 28.0. The van der Waals surface area contributed by atoms with Crippen LogP contribution in [0.2, 0.25) is 10.0 Å². The van der Waals surface area contributed by atoms with Gasteiger partial charge in [-0.2, -0.15) is 0 Å². The Morgan fingerprint density at radius 3 is 2.41 bits per heavy atom. The average Bonchev–Trinajstić information content (AvgIpc) is 2.85. The summed E-state index contributed by atoms with van der Waals surface area (Å²) in [7, 11) is 3.11. The summed E-state index contributed by atoms with van der Waals surface area (Å²) in [5, 5.41) is 18.2. The zero-order chi connectivity index (χ0) is 27.1. The molecular weight excluding hydrogens is 525 g/mol. The maximum absolute atomic E-state index is 13.0. The van der Waals surface area contributed by atoms with Crippen molar-refractivity contribution >= 4 is 47.0 Å². The van der Waals surface area contributed by atoms with Crippen molar-refractivity contribution in [3.05, 3.63) is 63.6 Å². The van der Waals surface area contributed by atoms with Crippen molar-refractivity contribution in [1.82, 2.24) is 25.6 Å². The number of benzene rings is 2. The molecular formula is C24H27Cl2N5O6. The molecule has 0 aromatic heterocycles. The molecule has 2 aromatic carbocycles. The van der Waals surface area contributed by atoms with Gasteiger partial charge in [-0.05, 0) is 35.4 Å².